The van der Waals surface area contributed by atoms with Crippen molar-refractivity contribution in [3.05, 3.63) is 40.8 Å². The van der Waals surface area contributed by atoms with E-state index in [9.17, 15) is 4.79 Å². The largest absolute Gasteiger partial charge is 0.338 e. The lowest BCUT2D eigenvalue weighted by Gasteiger charge is -2.29. The highest BCUT2D eigenvalue weighted by atomic mass is 35.5. The van der Waals surface area contributed by atoms with Crippen LogP contribution in [-0.4, -0.2) is 34.9 Å². The van der Waals surface area contributed by atoms with Gasteiger partial charge in [-0.05, 0) is 37.5 Å². The number of benzene rings is 1. The maximum absolute atomic E-state index is 12.7. The minimum Gasteiger partial charge on any atom is -0.338 e. The molecule has 1 fully saturated rings. The van der Waals surface area contributed by atoms with Gasteiger partial charge in [0.25, 0.3) is 5.91 Å². The number of thiazole rings is 1. The Labute approximate surface area is 178 Å². The number of carbonyl (C=O) groups excluding carboxylic acids is 1. The number of anilines is 2. The Bertz CT molecular complexity index is 888. The van der Waals surface area contributed by atoms with E-state index in [2.05, 4.69) is 23.3 Å². The van der Waals surface area contributed by atoms with Gasteiger partial charge in [-0.25, -0.2) is 4.98 Å². The Morgan fingerprint density at radius 3 is 2.59 bits per heavy atom. The van der Waals surface area contributed by atoms with Gasteiger partial charge in [0.2, 0.25) is 0 Å². The molecule has 5 nitrogen and oxygen atoms in total. The molecule has 9 heteroatoms. The van der Waals surface area contributed by atoms with Crippen molar-refractivity contribution in [1.82, 2.24) is 9.88 Å². The third-order valence-electron chi connectivity index (χ3n) is 4.51. The summed E-state index contributed by atoms with van der Waals surface area (Å²) >= 11 is 3.06. The van der Waals surface area contributed by atoms with E-state index in [0.717, 1.165) is 51.2 Å². The van der Waals surface area contributed by atoms with Crippen molar-refractivity contribution in [2.75, 3.05) is 18.4 Å². The molecule has 0 bridgehead atoms. The van der Waals surface area contributed by atoms with E-state index in [1.54, 1.807) is 11.3 Å². The lowest BCUT2D eigenvalue weighted by atomic mass is 10.1. The predicted octanol–water partition coefficient (Wildman–Crippen LogP) is 4.82. The summed E-state index contributed by atoms with van der Waals surface area (Å²) in [6.07, 6.45) is 1.77. The van der Waals surface area contributed by atoms with Crippen LogP contribution < -0.4 is 11.1 Å². The van der Waals surface area contributed by atoms with E-state index in [4.69, 9.17) is 5.73 Å². The van der Waals surface area contributed by atoms with Crippen molar-refractivity contribution in [3.8, 4) is 0 Å². The zero-order chi connectivity index (χ0) is 17.4. The number of amides is 1. The molecule has 27 heavy (non-hydrogen) atoms. The molecule has 2 aromatic heterocycles. The second-order valence-electron chi connectivity index (χ2n) is 6.37. The summed E-state index contributed by atoms with van der Waals surface area (Å²) in [6.45, 7) is 3.57. The average molecular weight is 445 g/mol. The summed E-state index contributed by atoms with van der Waals surface area (Å²) in [5.74, 6) is 0.107. The minimum absolute atomic E-state index is 0. The van der Waals surface area contributed by atoms with Gasteiger partial charge in [0.1, 0.15) is 4.83 Å². The van der Waals surface area contributed by atoms with Crippen molar-refractivity contribution in [1.29, 1.82) is 0 Å². The number of thiophene rings is 1. The van der Waals surface area contributed by atoms with E-state index in [-0.39, 0.29) is 36.8 Å². The van der Waals surface area contributed by atoms with Crippen LogP contribution in [-0.2, 0) is 0 Å². The van der Waals surface area contributed by atoms with Crippen LogP contribution in [0, 0.1) is 6.92 Å². The number of nitrogens with one attached hydrogen (secondary N) is 1. The molecule has 0 spiro atoms. The predicted molar refractivity (Wildman–Crippen MR) is 120 cm³/mol. The molecule has 146 valence electrons. The number of nitrogens with two attached hydrogens (primary N) is 1. The van der Waals surface area contributed by atoms with Gasteiger partial charge in [-0.2, -0.15) is 0 Å². The minimum atomic E-state index is 0. The van der Waals surface area contributed by atoms with Gasteiger partial charge >= 0.3 is 0 Å². The number of para-hydroxylation sites is 1. The molecule has 4 rings (SSSR count). The number of carbonyl (C=O) groups is 1. The molecule has 1 amide bonds. The number of halogens is 2. The number of likely N-dealkylation sites (tertiary alicyclic amines) is 1. The molecule has 1 aliphatic rings. The quantitative estimate of drug-likeness (QED) is 0.607. The smallest absolute Gasteiger partial charge is 0.264 e. The first kappa shape index (κ1) is 21.9. The fourth-order valence-corrected chi connectivity index (χ4v) is 5.08. The summed E-state index contributed by atoms with van der Waals surface area (Å²) < 4.78 is 1.05. The molecule has 0 radical (unpaired) electrons. The highest BCUT2D eigenvalue weighted by Gasteiger charge is 2.23. The van der Waals surface area contributed by atoms with Crippen LogP contribution in [0.4, 0.5) is 10.8 Å². The molecular formula is C18H22Cl2N4OS2. The van der Waals surface area contributed by atoms with Crippen LogP contribution in [0.2, 0.25) is 0 Å². The van der Waals surface area contributed by atoms with E-state index in [0.29, 0.717) is 0 Å². The van der Waals surface area contributed by atoms with Gasteiger partial charge in [-0.3, -0.25) is 4.79 Å². The number of piperidine rings is 1. The molecule has 0 aliphatic carbocycles. The number of rotatable bonds is 3. The van der Waals surface area contributed by atoms with E-state index in [1.807, 2.05) is 29.2 Å². The maximum Gasteiger partial charge on any atom is 0.264 e. The molecule has 1 aromatic carbocycles. The van der Waals surface area contributed by atoms with E-state index < -0.39 is 0 Å². The number of hydrogen-bond acceptors (Lipinski definition) is 6. The molecular weight excluding hydrogens is 423 g/mol. The third kappa shape index (κ3) is 4.73. The third-order valence-corrected chi connectivity index (χ3v) is 6.58. The summed E-state index contributed by atoms with van der Waals surface area (Å²) in [4.78, 5) is 20.9. The molecule has 0 unspecified atom stereocenters. The van der Waals surface area contributed by atoms with Crippen molar-refractivity contribution >= 4 is 73.7 Å². The first-order chi connectivity index (χ1) is 12.1. The number of aryl methyl sites for hydroxylation is 1. The van der Waals surface area contributed by atoms with Gasteiger partial charge in [-0.15, -0.1) is 36.2 Å². The molecule has 1 saturated heterocycles. The van der Waals surface area contributed by atoms with Crippen LogP contribution in [0.3, 0.4) is 0 Å². The second-order valence-corrected chi connectivity index (χ2v) is 8.43. The summed E-state index contributed by atoms with van der Waals surface area (Å²) in [7, 11) is 0. The average Bonchev–Trinajstić information content (AvgIpc) is 3.15. The first-order valence-corrected chi connectivity index (χ1v) is 10.0. The van der Waals surface area contributed by atoms with Gasteiger partial charge in [0, 0.05) is 24.8 Å². The summed E-state index contributed by atoms with van der Waals surface area (Å²) in [6, 6.07) is 10.3. The summed E-state index contributed by atoms with van der Waals surface area (Å²) in [5, 5.41) is 4.23. The van der Waals surface area contributed by atoms with Gasteiger partial charge in [-0.1, -0.05) is 29.5 Å². The van der Waals surface area contributed by atoms with Gasteiger partial charge in [0.05, 0.1) is 9.58 Å². The number of fused-ring (bicyclic) bond motifs is 1. The van der Waals surface area contributed by atoms with Crippen molar-refractivity contribution in [2.45, 2.75) is 25.8 Å². The highest BCUT2D eigenvalue weighted by Crippen LogP contribution is 2.35. The number of aromatic nitrogens is 1. The zero-order valence-corrected chi connectivity index (χ0v) is 18.1. The Kier molecular flexibility index (Phi) is 7.47. The molecule has 3 aromatic rings. The van der Waals surface area contributed by atoms with E-state index >= 15 is 0 Å². The van der Waals surface area contributed by atoms with Crippen LogP contribution >= 0.6 is 47.5 Å². The normalized spacial score (nSPS) is 14.5. The van der Waals surface area contributed by atoms with E-state index in [1.165, 1.54) is 16.9 Å². The highest BCUT2D eigenvalue weighted by molar-refractivity contribution is 7.29. The maximum atomic E-state index is 12.7. The molecule has 3 N–H and O–H groups in total. The molecule has 3 heterocycles. The Morgan fingerprint density at radius 2 is 1.93 bits per heavy atom. The lowest BCUT2D eigenvalue weighted by molar-refractivity contribution is 0.0720. The summed E-state index contributed by atoms with van der Waals surface area (Å²) in [5.41, 5.74) is 8.16. The molecule has 0 atom stereocenters. The Morgan fingerprint density at radius 1 is 1.22 bits per heavy atom. The fourth-order valence-electron chi connectivity index (χ4n) is 2.98. The molecule has 1 aliphatic heterocycles. The SMILES string of the molecule is Cc1ccccc1Nc1nc2sc(C(=O)N3CCC(N)CC3)cc2s1.Cl.Cl. The monoisotopic (exact) mass is 444 g/mol. The van der Waals surface area contributed by atoms with Crippen LogP contribution in [0.15, 0.2) is 30.3 Å². The van der Waals surface area contributed by atoms with Crippen molar-refractivity contribution in [3.63, 3.8) is 0 Å². The number of hydrogen-bond donors (Lipinski definition) is 2. The number of nitrogens with zero attached hydrogens (tertiary/aromatic N) is 2. The van der Waals surface area contributed by atoms with Gasteiger partial charge < -0.3 is 16.0 Å². The van der Waals surface area contributed by atoms with Gasteiger partial charge in [0.15, 0.2) is 5.13 Å². The zero-order valence-electron chi connectivity index (χ0n) is 14.8. The van der Waals surface area contributed by atoms with Crippen LogP contribution in [0.5, 0.6) is 0 Å². The Hall–Kier alpha value is -1.38. The van der Waals surface area contributed by atoms with Crippen molar-refractivity contribution in [2.24, 2.45) is 5.73 Å². The molecule has 0 saturated carbocycles. The second kappa shape index (κ2) is 9.21. The van der Waals surface area contributed by atoms with Crippen LogP contribution in [0.25, 0.3) is 9.53 Å². The fraction of sp³-hybridized carbons (Fsp3) is 0.333. The Balaban J connectivity index is 0.00000131. The van der Waals surface area contributed by atoms with Crippen LogP contribution in [0.1, 0.15) is 28.1 Å². The van der Waals surface area contributed by atoms with Crippen molar-refractivity contribution < 1.29 is 4.79 Å². The lowest BCUT2D eigenvalue weighted by Crippen LogP contribution is -2.42. The standard InChI is InChI=1S/C18H20N4OS2.2ClH/c1-11-4-2-3-5-13(11)20-18-21-16-14(25-18)10-15(24-16)17(23)22-8-6-12(19)7-9-22;;/h2-5,10,12H,6-9,19H2,1H3,(H,20,21);2*1H. The topological polar surface area (TPSA) is 71.2 Å². The first-order valence-electron chi connectivity index (χ1n) is 8.38.